The van der Waals surface area contributed by atoms with Crippen LogP contribution in [0, 0.1) is 11.8 Å². The van der Waals surface area contributed by atoms with E-state index in [2.05, 4.69) is 24.5 Å². The van der Waals surface area contributed by atoms with E-state index in [1.807, 2.05) is 13.8 Å². The number of hydrogen-bond donors (Lipinski definition) is 3. The van der Waals surface area contributed by atoms with Crippen LogP contribution in [0.25, 0.3) is 0 Å². The third-order valence-electron chi connectivity index (χ3n) is 10.0. The van der Waals surface area contributed by atoms with E-state index in [4.69, 9.17) is 0 Å². The molecule has 0 spiro atoms. The van der Waals surface area contributed by atoms with Crippen molar-refractivity contribution < 1.29 is 14.7 Å². The van der Waals surface area contributed by atoms with Crippen LogP contribution in [0.5, 0.6) is 0 Å². The first kappa shape index (κ1) is 46.1. The van der Waals surface area contributed by atoms with Gasteiger partial charge in [0.15, 0.2) is 0 Å². The second kappa shape index (κ2) is 36.3. The molecule has 0 rings (SSSR count). The van der Waals surface area contributed by atoms with Gasteiger partial charge in [0.1, 0.15) is 12.5 Å². The van der Waals surface area contributed by atoms with Crippen molar-refractivity contribution in [3.63, 3.8) is 0 Å². The zero-order valence-electron chi connectivity index (χ0n) is 32.3. The maximum Gasteiger partial charge on any atom is 0.234 e. The molecule has 0 aromatic rings. The summed E-state index contributed by atoms with van der Waals surface area (Å²) in [6.07, 6.45) is 40.7. The van der Waals surface area contributed by atoms with Crippen LogP contribution >= 0.6 is 0 Å². The number of carbonyl (C=O) groups excluding carboxylic acids is 2. The lowest BCUT2D eigenvalue weighted by Crippen LogP contribution is -2.46. The van der Waals surface area contributed by atoms with E-state index in [9.17, 15) is 14.7 Å². The van der Waals surface area contributed by atoms with Crippen molar-refractivity contribution in [2.75, 3.05) is 6.54 Å². The Labute approximate surface area is 294 Å². The molecule has 5 heteroatoms. The summed E-state index contributed by atoms with van der Waals surface area (Å²) in [5, 5.41) is 16.9. The Bertz CT molecular complexity index is 624. The number of nitrogens with one attached hydrogen (secondary N) is 2. The summed E-state index contributed by atoms with van der Waals surface area (Å²) in [4.78, 5) is 23.8. The van der Waals surface area contributed by atoms with Crippen LogP contribution in [0.1, 0.15) is 227 Å². The van der Waals surface area contributed by atoms with Gasteiger partial charge in [-0.3, -0.25) is 10.1 Å². The molecule has 0 saturated carbocycles. The van der Waals surface area contributed by atoms with E-state index in [0.29, 0.717) is 12.3 Å². The highest BCUT2D eigenvalue weighted by molar-refractivity contribution is 5.81. The molecular formula is C42H84N2O3. The lowest BCUT2D eigenvalue weighted by atomic mass is 9.92. The monoisotopic (exact) mass is 665 g/mol. The van der Waals surface area contributed by atoms with E-state index in [0.717, 1.165) is 32.0 Å². The average molecular weight is 665 g/mol. The number of hydrogen-bond acceptors (Lipinski definition) is 4. The van der Waals surface area contributed by atoms with Crippen molar-refractivity contribution in [2.24, 2.45) is 11.8 Å². The van der Waals surface area contributed by atoms with Gasteiger partial charge in [0, 0.05) is 0 Å². The first-order valence-electron chi connectivity index (χ1n) is 21.1. The average Bonchev–Trinajstić information content (AvgIpc) is 3.05. The fraction of sp³-hybridized carbons (Fsp3) is 0.952. The molecule has 2 unspecified atom stereocenters. The highest BCUT2D eigenvalue weighted by Crippen LogP contribution is 2.22. The van der Waals surface area contributed by atoms with Crippen molar-refractivity contribution >= 4 is 12.2 Å². The minimum absolute atomic E-state index is 0.0532. The second-order valence-corrected chi connectivity index (χ2v) is 15.3. The van der Waals surface area contributed by atoms with Gasteiger partial charge in [-0.2, -0.15) is 0 Å². The van der Waals surface area contributed by atoms with Crippen molar-refractivity contribution in [3.05, 3.63) is 0 Å². The Hall–Kier alpha value is -0.940. The Morgan fingerprint density at radius 3 is 1.17 bits per heavy atom. The summed E-state index contributed by atoms with van der Waals surface area (Å²) in [6, 6.07) is -0.455. The zero-order chi connectivity index (χ0) is 34.6. The number of unbranched alkanes of at least 4 members (excludes halogenated alkanes) is 26. The van der Waals surface area contributed by atoms with Crippen molar-refractivity contribution in [1.29, 1.82) is 0 Å². The number of aliphatic hydroxyl groups excluding tert-OH is 1. The molecule has 0 aliphatic rings. The zero-order valence-corrected chi connectivity index (χ0v) is 32.3. The molecule has 280 valence electrons. The summed E-state index contributed by atoms with van der Waals surface area (Å²) < 4.78 is 0. The summed E-state index contributed by atoms with van der Waals surface area (Å²) in [6.45, 7) is 8.71. The van der Waals surface area contributed by atoms with Crippen molar-refractivity contribution in [2.45, 2.75) is 239 Å². The number of aldehydes is 1. The molecule has 47 heavy (non-hydrogen) atoms. The van der Waals surface area contributed by atoms with E-state index in [-0.39, 0.29) is 18.4 Å². The summed E-state index contributed by atoms with van der Waals surface area (Å²) >= 11 is 0. The molecule has 0 heterocycles. The number of amides is 1. The standard InChI is InChI=1S/C42H84N2O3/c1-5-7-9-11-13-15-17-19-21-23-25-27-29-31-33-39(42(47)43-36-41(46)44-40(37-45)35-38(3)4)34-32-30-28-26-24-22-20-18-16-14-12-10-8-6-2/h37-40,42-43,47H,5-36H2,1-4H3,(H,44,46). The number of carbonyl (C=O) groups is 2. The molecular weight excluding hydrogens is 580 g/mol. The lowest BCUT2D eigenvalue weighted by molar-refractivity contribution is -0.124. The summed E-state index contributed by atoms with van der Waals surface area (Å²) in [5.74, 6) is 0.298. The van der Waals surface area contributed by atoms with Crippen LogP contribution in [0.4, 0.5) is 0 Å². The molecule has 0 aromatic heterocycles. The van der Waals surface area contributed by atoms with Gasteiger partial charge in [-0.25, -0.2) is 0 Å². The lowest BCUT2D eigenvalue weighted by Gasteiger charge is -2.24. The summed E-state index contributed by atoms with van der Waals surface area (Å²) in [5.41, 5.74) is 0. The SMILES string of the molecule is CCCCCCCCCCCCCCCCC(CCCCCCCCCCCCCCCC)C(O)NCC(=O)NC(C=O)CC(C)C. The van der Waals surface area contributed by atoms with Gasteiger partial charge in [0.2, 0.25) is 5.91 Å². The Balaban J connectivity index is 4.27. The van der Waals surface area contributed by atoms with Gasteiger partial charge in [0.05, 0.1) is 12.6 Å². The molecule has 0 radical (unpaired) electrons. The van der Waals surface area contributed by atoms with E-state index < -0.39 is 12.3 Å². The van der Waals surface area contributed by atoms with Crippen LogP contribution in [0.3, 0.4) is 0 Å². The molecule has 0 saturated heterocycles. The van der Waals surface area contributed by atoms with Gasteiger partial charge >= 0.3 is 0 Å². The fourth-order valence-corrected chi connectivity index (χ4v) is 6.94. The topological polar surface area (TPSA) is 78.4 Å². The van der Waals surface area contributed by atoms with Crippen molar-refractivity contribution in [1.82, 2.24) is 10.6 Å². The predicted molar refractivity (Wildman–Crippen MR) is 205 cm³/mol. The van der Waals surface area contributed by atoms with E-state index in [1.165, 1.54) is 167 Å². The van der Waals surface area contributed by atoms with Gasteiger partial charge in [-0.15, -0.1) is 0 Å². The minimum atomic E-state index is -0.676. The molecule has 0 aliphatic heterocycles. The Morgan fingerprint density at radius 2 is 0.872 bits per heavy atom. The molecule has 3 N–H and O–H groups in total. The molecule has 2 atom stereocenters. The highest BCUT2D eigenvalue weighted by Gasteiger charge is 2.20. The van der Waals surface area contributed by atoms with Crippen LogP contribution in [-0.2, 0) is 9.59 Å². The largest absolute Gasteiger partial charge is 0.378 e. The molecule has 5 nitrogen and oxygen atoms in total. The summed E-state index contributed by atoms with van der Waals surface area (Å²) in [7, 11) is 0. The molecule has 0 aromatic carbocycles. The van der Waals surface area contributed by atoms with Crippen LogP contribution in [-0.4, -0.2) is 36.1 Å². The van der Waals surface area contributed by atoms with E-state index in [1.54, 1.807) is 0 Å². The minimum Gasteiger partial charge on any atom is -0.378 e. The van der Waals surface area contributed by atoms with Gasteiger partial charge in [0.25, 0.3) is 0 Å². The van der Waals surface area contributed by atoms with E-state index >= 15 is 0 Å². The normalized spacial score (nSPS) is 13.0. The number of aliphatic hydroxyl groups is 1. The third-order valence-corrected chi connectivity index (χ3v) is 10.0. The maximum atomic E-state index is 12.5. The molecule has 0 bridgehead atoms. The fourth-order valence-electron chi connectivity index (χ4n) is 6.94. The van der Waals surface area contributed by atoms with Gasteiger partial charge in [-0.1, -0.05) is 207 Å². The van der Waals surface area contributed by atoms with Crippen LogP contribution in [0.15, 0.2) is 0 Å². The predicted octanol–water partition coefficient (Wildman–Crippen LogP) is 12.0. The smallest absolute Gasteiger partial charge is 0.234 e. The molecule has 1 amide bonds. The Kier molecular flexibility index (Phi) is 35.6. The number of rotatable bonds is 38. The quantitative estimate of drug-likeness (QED) is 0.0349. The van der Waals surface area contributed by atoms with Crippen LogP contribution in [0.2, 0.25) is 0 Å². The molecule has 0 aliphatic carbocycles. The highest BCUT2D eigenvalue weighted by atomic mass is 16.3. The Morgan fingerprint density at radius 1 is 0.553 bits per heavy atom. The maximum absolute atomic E-state index is 12.5. The first-order chi connectivity index (χ1) is 22.9. The third kappa shape index (κ3) is 33.3. The van der Waals surface area contributed by atoms with Crippen LogP contribution < -0.4 is 10.6 Å². The first-order valence-corrected chi connectivity index (χ1v) is 21.1. The van der Waals surface area contributed by atoms with Crippen molar-refractivity contribution in [3.8, 4) is 0 Å². The van der Waals surface area contributed by atoms with Gasteiger partial charge in [-0.05, 0) is 31.1 Å². The van der Waals surface area contributed by atoms with Gasteiger partial charge < -0.3 is 15.2 Å². The molecule has 0 fully saturated rings. The second-order valence-electron chi connectivity index (χ2n) is 15.3.